The number of nitrogens with zero attached hydrogens (tertiary/aromatic N) is 1. The number of aliphatic hydroxyl groups excluding tert-OH is 1. The zero-order valence-corrected chi connectivity index (χ0v) is 10.9. The summed E-state index contributed by atoms with van der Waals surface area (Å²) in [6, 6.07) is 8.64. The average Bonchev–Trinajstić information content (AvgIpc) is 2.37. The van der Waals surface area contributed by atoms with Crippen molar-refractivity contribution in [1.29, 1.82) is 0 Å². The lowest BCUT2D eigenvalue weighted by Crippen LogP contribution is -2.38. The zero-order valence-electron chi connectivity index (χ0n) is 10.9. The summed E-state index contributed by atoms with van der Waals surface area (Å²) in [5.41, 5.74) is 2.90. The van der Waals surface area contributed by atoms with Gasteiger partial charge in [-0.3, -0.25) is 4.90 Å². The molecule has 0 bridgehead atoms. The normalized spacial score (nSPS) is 19.7. The van der Waals surface area contributed by atoms with Gasteiger partial charge in [0, 0.05) is 19.6 Å². The van der Waals surface area contributed by atoms with Crippen molar-refractivity contribution in [2.45, 2.75) is 39.3 Å². The van der Waals surface area contributed by atoms with Crippen molar-refractivity contribution < 1.29 is 5.11 Å². The van der Waals surface area contributed by atoms with E-state index in [1.165, 1.54) is 11.1 Å². The van der Waals surface area contributed by atoms with E-state index in [2.05, 4.69) is 43.0 Å². The van der Waals surface area contributed by atoms with Crippen molar-refractivity contribution in [3.05, 3.63) is 35.4 Å². The molecule has 0 radical (unpaired) electrons. The largest absolute Gasteiger partial charge is 0.392 e. The Kier molecular flexibility index (Phi) is 4.19. The average molecular weight is 233 g/mol. The standard InChI is InChI=1S/C15H23NO/c1-3-12(2)15(17)11-16-9-8-13-6-4-5-7-14(13)10-16/h4-7,12,15,17H,3,8-11H2,1-2H3. The molecule has 94 valence electrons. The molecule has 0 aromatic heterocycles. The molecule has 2 nitrogen and oxygen atoms in total. The Balaban J connectivity index is 1.94. The van der Waals surface area contributed by atoms with Gasteiger partial charge in [-0.2, -0.15) is 0 Å². The first-order valence-corrected chi connectivity index (χ1v) is 6.68. The number of benzene rings is 1. The summed E-state index contributed by atoms with van der Waals surface area (Å²) in [5.74, 6) is 0.396. The van der Waals surface area contributed by atoms with Crippen molar-refractivity contribution in [2.24, 2.45) is 5.92 Å². The molecule has 1 aromatic carbocycles. The van der Waals surface area contributed by atoms with Gasteiger partial charge in [0.1, 0.15) is 0 Å². The van der Waals surface area contributed by atoms with E-state index in [1.807, 2.05) is 0 Å². The van der Waals surface area contributed by atoms with Gasteiger partial charge in [0.15, 0.2) is 0 Å². The van der Waals surface area contributed by atoms with Crippen LogP contribution in [0.2, 0.25) is 0 Å². The molecule has 0 amide bonds. The zero-order chi connectivity index (χ0) is 12.3. The van der Waals surface area contributed by atoms with E-state index >= 15 is 0 Å². The predicted octanol–water partition coefficient (Wildman–Crippen LogP) is 2.45. The van der Waals surface area contributed by atoms with Gasteiger partial charge < -0.3 is 5.11 Å². The molecule has 0 fully saturated rings. The Morgan fingerprint density at radius 3 is 2.71 bits per heavy atom. The topological polar surface area (TPSA) is 23.5 Å². The first-order valence-electron chi connectivity index (χ1n) is 6.68. The van der Waals surface area contributed by atoms with Gasteiger partial charge in [-0.1, -0.05) is 44.5 Å². The molecule has 0 saturated carbocycles. The second kappa shape index (κ2) is 5.65. The third-order valence-electron chi connectivity index (χ3n) is 3.96. The van der Waals surface area contributed by atoms with Crippen LogP contribution in [0.5, 0.6) is 0 Å². The molecule has 0 aliphatic carbocycles. The highest BCUT2D eigenvalue weighted by molar-refractivity contribution is 5.29. The van der Waals surface area contributed by atoms with Crippen molar-refractivity contribution >= 4 is 0 Å². The second-order valence-electron chi connectivity index (χ2n) is 5.21. The fraction of sp³-hybridized carbons (Fsp3) is 0.600. The summed E-state index contributed by atoms with van der Waals surface area (Å²) in [6.07, 6.45) is 1.97. The third-order valence-corrected chi connectivity index (χ3v) is 3.96. The van der Waals surface area contributed by atoms with Gasteiger partial charge in [0.05, 0.1) is 6.10 Å². The van der Waals surface area contributed by atoms with Crippen LogP contribution in [0.25, 0.3) is 0 Å². The Morgan fingerprint density at radius 2 is 2.00 bits per heavy atom. The van der Waals surface area contributed by atoms with Gasteiger partial charge in [-0.05, 0) is 23.5 Å². The monoisotopic (exact) mass is 233 g/mol. The van der Waals surface area contributed by atoms with Gasteiger partial charge in [0.25, 0.3) is 0 Å². The number of rotatable bonds is 4. The maximum atomic E-state index is 10.1. The van der Waals surface area contributed by atoms with Gasteiger partial charge in [-0.15, -0.1) is 0 Å². The lowest BCUT2D eigenvalue weighted by Gasteiger charge is -2.31. The minimum atomic E-state index is -0.190. The summed E-state index contributed by atoms with van der Waals surface area (Å²) < 4.78 is 0. The molecular weight excluding hydrogens is 210 g/mol. The van der Waals surface area contributed by atoms with E-state index in [1.54, 1.807) is 0 Å². The molecule has 1 N–H and O–H groups in total. The highest BCUT2D eigenvalue weighted by atomic mass is 16.3. The van der Waals surface area contributed by atoms with Crippen LogP contribution in [0.4, 0.5) is 0 Å². The van der Waals surface area contributed by atoms with Crippen LogP contribution >= 0.6 is 0 Å². The summed E-state index contributed by atoms with van der Waals surface area (Å²) in [5, 5.41) is 10.1. The first-order chi connectivity index (χ1) is 8.20. The SMILES string of the molecule is CCC(C)C(O)CN1CCc2ccccc2C1. The number of hydrogen-bond acceptors (Lipinski definition) is 2. The third kappa shape index (κ3) is 3.08. The fourth-order valence-corrected chi connectivity index (χ4v) is 2.43. The number of fused-ring (bicyclic) bond motifs is 1. The molecule has 0 spiro atoms. The number of hydrogen-bond donors (Lipinski definition) is 1. The van der Waals surface area contributed by atoms with E-state index in [4.69, 9.17) is 0 Å². The predicted molar refractivity (Wildman–Crippen MR) is 70.9 cm³/mol. The lowest BCUT2D eigenvalue weighted by atomic mass is 9.97. The van der Waals surface area contributed by atoms with E-state index in [9.17, 15) is 5.11 Å². The molecule has 17 heavy (non-hydrogen) atoms. The molecule has 1 aliphatic heterocycles. The van der Waals surface area contributed by atoms with Crippen LogP contribution in [0, 0.1) is 5.92 Å². The van der Waals surface area contributed by atoms with Gasteiger partial charge in [0.2, 0.25) is 0 Å². The summed E-state index contributed by atoms with van der Waals surface area (Å²) in [7, 11) is 0. The fourth-order valence-electron chi connectivity index (χ4n) is 2.43. The quantitative estimate of drug-likeness (QED) is 0.863. The van der Waals surface area contributed by atoms with Crippen LogP contribution < -0.4 is 0 Å². The van der Waals surface area contributed by atoms with Gasteiger partial charge in [-0.25, -0.2) is 0 Å². The molecule has 1 heterocycles. The Morgan fingerprint density at radius 1 is 1.29 bits per heavy atom. The van der Waals surface area contributed by atoms with E-state index in [0.29, 0.717) is 5.92 Å². The Labute approximate surface area is 104 Å². The molecule has 2 heteroatoms. The molecule has 2 atom stereocenters. The van der Waals surface area contributed by atoms with Crippen molar-refractivity contribution in [1.82, 2.24) is 4.90 Å². The maximum Gasteiger partial charge on any atom is 0.0692 e. The van der Waals surface area contributed by atoms with Crippen LogP contribution in [0.15, 0.2) is 24.3 Å². The van der Waals surface area contributed by atoms with Gasteiger partial charge >= 0.3 is 0 Å². The van der Waals surface area contributed by atoms with Crippen molar-refractivity contribution in [2.75, 3.05) is 13.1 Å². The molecule has 2 unspecified atom stereocenters. The number of β-amino-alcohol motifs (C(OH)–C–C–N with tert-alkyl or cyclic N) is 1. The Hall–Kier alpha value is -0.860. The molecular formula is C15H23NO. The van der Waals surface area contributed by atoms with Crippen molar-refractivity contribution in [3.8, 4) is 0 Å². The number of aliphatic hydroxyl groups is 1. The minimum Gasteiger partial charge on any atom is -0.392 e. The summed E-state index contributed by atoms with van der Waals surface area (Å²) in [6.45, 7) is 7.14. The van der Waals surface area contributed by atoms with Crippen LogP contribution in [0.1, 0.15) is 31.4 Å². The highest BCUT2D eigenvalue weighted by Gasteiger charge is 2.20. The second-order valence-corrected chi connectivity index (χ2v) is 5.21. The molecule has 1 aromatic rings. The van der Waals surface area contributed by atoms with E-state index in [-0.39, 0.29) is 6.10 Å². The maximum absolute atomic E-state index is 10.1. The van der Waals surface area contributed by atoms with Crippen LogP contribution in [-0.4, -0.2) is 29.2 Å². The summed E-state index contributed by atoms with van der Waals surface area (Å²) >= 11 is 0. The van der Waals surface area contributed by atoms with Crippen molar-refractivity contribution in [3.63, 3.8) is 0 Å². The molecule has 0 saturated heterocycles. The summed E-state index contributed by atoms with van der Waals surface area (Å²) in [4.78, 5) is 2.37. The van der Waals surface area contributed by atoms with E-state index in [0.717, 1.165) is 32.5 Å². The Bertz CT molecular complexity index is 364. The van der Waals surface area contributed by atoms with Crippen LogP contribution in [-0.2, 0) is 13.0 Å². The highest BCUT2D eigenvalue weighted by Crippen LogP contribution is 2.19. The first kappa shape index (κ1) is 12.6. The van der Waals surface area contributed by atoms with E-state index < -0.39 is 0 Å². The van der Waals surface area contributed by atoms with Crippen LogP contribution in [0.3, 0.4) is 0 Å². The molecule has 2 rings (SSSR count). The minimum absolute atomic E-state index is 0.190. The molecule has 1 aliphatic rings. The lowest BCUT2D eigenvalue weighted by molar-refractivity contribution is 0.0635. The smallest absolute Gasteiger partial charge is 0.0692 e.